The van der Waals surface area contributed by atoms with Crippen LogP contribution in [0.4, 0.5) is 0 Å². The minimum atomic E-state index is -0.204. The molecule has 1 aliphatic heterocycles. The van der Waals surface area contributed by atoms with E-state index in [0.29, 0.717) is 11.3 Å². The zero-order valence-electron chi connectivity index (χ0n) is 19.9. The Bertz CT molecular complexity index is 1180. The van der Waals surface area contributed by atoms with E-state index in [1.54, 1.807) is 0 Å². The van der Waals surface area contributed by atoms with Crippen molar-refractivity contribution in [1.82, 2.24) is 9.55 Å². The highest BCUT2D eigenvalue weighted by Crippen LogP contribution is 2.49. The number of hydrogen-bond donors (Lipinski definition) is 0. The summed E-state index contributed by atoms with van der Waals surface area (Å²) in [5, 5.41) is 0.675. The number of halogens is 1. The molecule has 3 nitrogen and oxygen atoms in total. The van der Waals surface area contributed by atoms with Gasteiger partial charge in [-0.05, 0) is 76.9 Å². The van der Waals surface area contributed by atoms with Crippen molar-refractivity contribution < 1.29 is 0 Å². The minimum Gasteiger partial charge on any atom is -0.296 e. The van der Waals surface area contributed by atoms with E-state index in [1.165, 1.54) is 42.5 Å². The van der Waals surface area contributed by atoms with E-state index in [0.717, 1.165) is 41.5 Å². The monoisotopic (exact) mass is 494 g/mol. The lowest BCUT2D eigenvalue weighted by Crippen LogP contribution is -2.29. The second-order valence-electron chi connectivity index (χ2n) is 9.30. The molecule has 0 saturated heterocycles. The Hall–Kier alpha value is -1.94. The van der Waals surface area contributed by atoms with Crippen molar-refractivity contribution in [3.8, 4) is 5.69 Å². The molecule has 0 fully saturated rings. The Balaban J connectivity index is 2.05. The molecule has 0 N–H and O–H groups in total. The summed E-state index contributed by atoms with van der Waals surface area (Å²) < 4.78 is 3.12. The van der Waals surface area contributed by atoms with Crippen molar-refractivity contribution in [3.63, 3.8) is 0 Å². The van der Waals surface area contributed by atoms with Gasteiger partial charge in [0.1, 0.15) is 5.82 Å². The third-order valence-corrected chi connectivity index (χ3v) is 8.04. The van der Waals surface area contributed by atoms with E-state index in [1.807, 2.05) is 12.1 Å². The zero-order valence-corrected chi connectivity index (χ0v) is 21.5. The lowest BCUT2D eigenvalue weighted by atomic mass is 9.74. The van der Waals surface area contributed by atoms with Crippen molar-refractivity contribution in [3.05, 3.63) is 68.2 Å². The molecule has 1 atom stereocenters. The molecule has 0 spiro atoms. The molecule has 2 heterocycles. The average Bonchev–Trinajstić information content (AvgIpc) is 3.06. The van der Waals surface area contributed by atoms with Crippen LogP contribution in [0.3, 0.4) is 0 Å². The number of hydrogen-bond acceptors (Lipinski definition) is 2. The largest absolute Gasteiger partial charge is 0.296 e. The van der Waals surface area contributed by atoms with Crippen LogP contribution in [-0.4, -0.2) is 9.55 Å². The molecule has 3 aromatic rings. The zero-order chi connectivity index (χ0) is 22.9. The van der Waals surface area contributed by atoms with Crippen LogP contribution < -0.4 is 5.56 Å². The van der Waals surface area contributed by atoms with E-state index < -0.39 is 0 Å². The highest BCUT2D eigenvalue weighted by Gasteiger charge is 2.44. The summed E-state index contributed by atoms with van der Waals surface area (Å²) in [5.74, 6) is 1.51. The first kappa shape index (κ1) is 23.2. The van der Waals surface area contributed by atoms with Crippen LogP contribution in [0.25, 0.3) is 16.6 Å². The number of fused-ring (bicyclic) bond motifs is 5. The molecule has 32 heavy (non-hydrogen) atoms. The van der Waals surface area contributed by atoms with E-state index in [4.69, 9.17) is 4.98 Å². The fourth-order valence-electron chi connectivity index (χ4n) is 5.73. The quantitative estimate of drug-likeness (QED) is 0.301. The first-order chi connectivity index (χ1) is 15.5. The van der Waals surface area contributed by atoms with Gasteiger partial charge in [0.15, 0.2) is 0 Å². The van der Waals surface area contributed by atoms with E-state index >= 15 is 0 Å². The van der Waals surface area contributed by atoms with Crippen LogP contribution in [0.1, 0.15) is 102 Å². The van der Waals surface area contributed by atoms with Crippen molar-refractivity contribution in [1.29, 1.82) is 0 Å². The fraction of sp³-hybridized carbons (Fsp3) is 0.500. The van der Waals surface area contributed by atoms with Crippen molar-refractivity contribution in [2.45, 2.75) is 90.4 Å². The summed E-state index contributed by atoms with van der Waals surface area (Å²) in [7, 11) is 0. The number of aromatic nitrogens is 2. The SMILES string of the molecule is CCCCC1(CC)c2ccc(C(CCC)CCC)cc2-n2c1nc(=O)c1c(Br)cccc12. The summed E-state index contributed by atoms with van der Waals surface area (Å²) in [5.41, 5.74) is 4.61. The molecule has 0 bridgehead atoms. The molecule has 1 unspecified atom stereocenters. The molecular weight excluding hydrogens is 460 g/mol. The summed E-state index contributed by atoms with van der Waals surface area (Å²) in [4.78, 5) is 17.9. The molecule has 1 aromatic heterocycles. The Kier molecular flexibility index (Phi) is 6.90. The van der Waals surface area contributed by atoms with Crippen molar-refractivity contribution >= 4 is 26.8 Å². The van der Waals surface area contributed by atoms with Gasteiger partial charge in [-0.3, -0.25) is 9.36 Å². The van der Waals surface area contributed by atoms with E-state index in [9.17, 15) is 4.79 Å². The predicted molar refractivity (Wildman–Crippen MR) is 138 cm³/mol. The number of nitrogens with zero attached hydrogens (tertiary/aromatic N) is 2. The summed E-state index contributed by atoms with van der Waals surface area (Å²) >= 11 is 3.61. The molecule has 4 heteroatoms. The predicted octanol–water partition coefficient (Wildman–Crippen LogP) is 8.03. The molecule has 1 aliphatic rings. The average molecular weight is 496 g/mol. The first-order valence-electron chi connectivity index (χ1n) is 12.4. The van der Waals surface area contributed by atoms with Gasteiger partial charge < -0.3 is 0 Å². The normalized spacial score (nSPS) is 17.2. The molecule has 0 saturated carbocycles. The van der Waals surface area contributed by atoms with Gasteiger partial charge in [0.05, 0.1) is 22.0 Å². The lowest BCUT2D eigenvalue weighted by Gasteiger charge is -2.28. The molecular formula is C28H35BrN2O. The Morgan fingerprint density at radius 1 is 1.03 bits per heavy atom. The van der Waals surface area contributed by atoms with Gasteiger partial charge in [0, 0.05) is 4.47 Å². The topological polar surface area (TPSA) is 34.9 Å². The van der Waals surface area contributed by atoms with Crippen molar-refractivity contribution in [2.24, 2.45) is 0 Å². The summed E-state index contributed by atoms with van der Waals surface area (Å²) in [6.45, 7) is 9.03. The maximum atomic E-state index is 13.2. The van der Waals surface area contributed by atoms with Gasteiger partial charge in [0.2, 0.25) is 0 Å². The summed E-state index contributed by atoms with van der Waals surface area (Å²) in [6.07, 6.45) is 9.02. The standard InChI is InChI=1S/C28H35BrN2O/c1-5-9-17-28(8-4)21-16-15-20(19(11-6-2)12-7-3)18-24(21)31-23-14-10-13-22(29)25(23)26(32)30-27(28)31/h10,13-16,18-19H,5-9,11-12,17H2,1-4H3. The lowest BCUT2D eigenvalue weighted by molar-refractivity contribution is 0.425. The smallest absolute Gasteiger partial charge is 0.281 e. The van der Waals surface area contributed by atoms with Crippen LogP contribution in [-0.2, 0) is 5.41 Å². The Labute approximate surface area is 200 Å². The van der Waals surface area contributed by atoms with Gasteiger partial charge in [-0.15, -0.1) is 0 Å². The Morgan fingerprint density at radius 2 is 1.78 bits per heavy atom. The third-order valence-electron chi connectivity index (χ3n) is 7.38. The van der Waals surface area contributed by atoms with Crippen molar-refractivity contribution in [2.75, 3.05) is 0 Å². The molecule has 0 radical (unpaired) electrons. The summed E-state index contributed by atoms with van der Waals surface area (Å²) in [6, 6.07) is 13.2. The second kappa shape index (κ2) is 9.51. The van der Waals surface area contributed by atoms with Crippen LogP contribution in [0.15, 0.2) is 45.7 Å². The van der Waals surface area contributed by atoms with Gasteiger partial charge in [-0.25, -0.2) is 0 Å². The van der Waals surface area contributed by atoms with Crippen LogP contribution in [0.2, 0.25) is 0 Å². The molecule has 170 valence electrons. The molecule has 4 rings (SSSR count). The van der Waals surface area contributed by atoms with Gasteiger partial charge >= 0.3 is 0 Å². The highest BCUT2D eigenvalue weighted by atomic mass is 79.9. The molecule has 0 aliphatic carbocycles. The minimum absolute atomic E-state index is 0.129. The second-order valence-corrected chi connectivity index (χ2v) is 10.2. The van der Waals surface area contributed by atoms with Gasteiger partial charge in [0.25, 0.3) is 5.56 Å². The van der Waals surface area contributed by atoms with Gasteiger partial charge in [-0.2, -0.15) is 4.98 Å². The van der Waals surface area contributed by atoms with Gasteiger partial charge in [-0.1, -0.05) is 71.6 Å². The Morgan fingerprint density at radius 3 is 2.44 bits per heavy atom. The van der Waals surface area contributed by atoms with Crippen LogP contribution in [0.5, 0.6) is 0 Å². The molecule has 0 amide bonds. The van der Waals surface area contributed by atoms with E-state index in [2.05, 4.69) is 72.5 Å². The third kappa shape index (κ3) is 3.65. The van der Waals surface area contributed by atoms with E-state index in [-0.39, 0.29) is 11.0 Å². The maximum Gasteiger partial charge on any atom is 0.281 e. The van der Waals surface area contributed by atoms with Crippen LogP contribution in [0, 0.1) is 0 Å². The van der Waals surface area contributed by atoms with Crippen LogP contribution >= 0.6 is 15.9 Å². The highest BCUT2D eigenvalue weighted by molar-refractivity contribution is 9.10. The number of unbranched alkanes of at least 4 members (excludes halogenated alkanes) is 1. The fourth-order valence-corrected chi connectivity index (χ4v) is 6.25. The number of benzene rings is 2. The number of rotatable bonds is 9. The molecule has 2 aromatic carbocycles. The first-order valence-corrected chi connectivity index (χ1v) is 13.2. The maximum absolute atomic E-state index is 13.2.